The molecule has 0 atom stereocenters. The number of rotatable bonds is 1. The van der Waals surface area contributed by atoms with Crippen LogP contribution in [-0.4, -0.2) is 4.98 Å². The number of pyridine rings is 1. The molecular weight excluding hydrogens is 203 g/mol. The van der Waals surface area contributed by atoms with Crippen LogP contribution in [0.15, 0.2) is 30.3 Å². The fraction of sp³-hybridized carbons (Fsp3) is 0.154. The van der Waals surface area contributed by atoms with Crippen LogP contribution in [0.25, 0.3) is 11.3 Å². The summed E-state index contributed by atoms with van der Waals surface area (Å²) in [7, 11) is 0. The Morgan fingerprint density at radius 2 is 1.88 bits per heavy atom. The van der Waals surface area contributed by atoms with Crippen LogP contribution in [0.2, 0.25) is 0 Å². The van der Waals surface area contributed by atoms with Gasteiger partial charge in [-0.3, -0.25) is 4.98 Å². The van der Waals surface area contributed by atoms with E-state index in [2.05, 4.69) is 4.98 Å². The highest BCUT2D eigenvalue weighted by molar-refractivity contribution is 5.62. The van der Waals surface area contributed by atoms with Gasteiger partial charge in [-0.2, -0.15) is 0 Å². The molecule has 1 heterocycles. The molecule has 0 bridgehead atoms. The van der Waals surface area contributed by atoms with Gasteiger partial charge in [0.25, 0.3) is 0 Å². The van der Waals surface area contributed by atoms with Crippen molar-refractivity contribution in [2.24, 2.45) is 0 Å². The van der Waals surface area contributed by atoms with E-state index in [0.29, 0.717) is 11.3 Å². The Hall–Kier alpha value is -1.90. The Bertz CT molecular complexity index is 486. The van der Waals surface area contributed by atoms with Crippen LogP contribution >= 0.6 is 0 Å². The zero-order valence-electron chi connectivity index (χ0n) is 9.29. The molecule has 1 aromatic carbocycles. The van der Waals surface area contributed by atoms with E-state index >= 15 is 0 Å². The van der Waals surface area contributed by atoms with Crippen molar-refractivity contribution in [3.05, 3.63) is 47.4 Å². The summed E-state index contributed by atoms with van der Waals surface area (Å²) in [6.45, 7) is 3.60. The SMILES string of the molecule is Cc1cc(-c2ccc(N)c(C)n2)ccc1F. The highest BCUT2D eigenvalue weighted by Crippen LogP contribution is 2.21. The molecule has 2 nitrogen and oxygen atoms in total. The smallest absolute Gasteiger partial charge is 0.126 e. The van der Waals surface area contributed by atoms with E-state index in [1.54, 1.807) is 19.1 Å². The Labute approximate surface area is 93.9 Å². The van der Waals surface area contributed by atoms with Crippen molar-refractivity contribution < 1.29 is 4.39 Å². The topological polar surface area (TPSA) is 38.9 Å². The molecule has 0 fully saturated rings. The molecule has 82 valence electrons. The maximum atomic E-state index is 13.1. The van der Waals surface area contributed by atoms with Gasteiger partial charge in [0.1, 0.15) is 5.82 Å². The molecule has 0 radical (unpaired) electrons. The van der Waals surface area contributed by atoms with E-state index in [1.807, 2.05) is 19.1 Å². The van der Waals surface area contributed by atoms with Crippen molar-refractivity contribution in [3.8, 4) is 11.3 Å². The second-order valence-corrected chi connectivity index (χ2v) is 3.84. The van der Waals surface area contributed by atoms with Gasteiger partial charge < -0.3 is 5.73 Å². The normalized spacial score (nSPS) is 10.4. The van der Waals surface area contributed by atoms with Crippen LogP contribution in [-0.2, 0) is 0 Å². The number of aromatic nitrogens is 1. The van der Waals surface area contributed by atoms with Crippen molar-refractivity contribution in [1.29, 1.82) is 0 Å². The van der Waals surface area contributed by atoms with E-state index in [1.165, 1.54) is 6.07 Å². The van der Waals surface area contributed by atoms with Crippen LogP contribution in [0.4, 0.5) is 10.1 Å². The molecule has 0 saturated heterocycles. The van der Waals surface area contributed by atoms with Crippen LogP contribution in [0, 0.1) is 19.7 Å². The van der Waals surface area contributed by atoms with Crippen LogP contribution in [0.1, 0.15) is 11.3 Å². The molecule has 1 aromatic heterocycles. The summed E-state index contributed by atoms with van der Waals surface area (Å²) < 4.78 is 13.1. The number of aryl methyl sites for hydroxylation is 2. The van der Waals surface area contributed by atoms with Crippen molar-refractivity contribution in [2.75, 3.05) is 5.73 Å². The summed E-state index contributed by atoms with van der Waals surface area (Å²) in [5, 5.41) is 0. The van der Waals surface area contributed by atoms with E-state index in [9.17, 15) is 4.39 Å². The third-order valence-electron chi connectivity index (χ3n) is 2.58. The third-order valence-corrected chi connectivity index (χ3v) is 2.58. The Morgan fingerprint density at radius 3 is 2.50 bits per heavy atom. The van der Waals surface area contributed by atoms with E-state index in [4.69, 9.17) is 5.73 Å². The first kappa shape index (κ1) is 10.6. The minimum Gasteiger partial charge on any atom is -0.397 e. The molecule has 2 aromatic rings. The number of nitrogens with zero attached hydrogens (tertiary/aromatic N) is 1. The molecule has 0 aliphatic carbocycles. The molecule has 0 spiro atoms. The van der Waals surface area contributed by atoms with E-state index in [0.717, 1.165) is 17.0 Å². The third kappa shape index (κ3) is 1.89. The molecule has 3 heteroatoms. The number of anilines is 1. The van der Waals surface area contributed by atoms with Gasteiger partial charge in [0.2, 0.25) is 0 Å². The summed E-state index contributed by atoms with van der Waals surface area (Å²) >= 11 is 0. The molecule has 0 amide bonds. The first-order valence-corrected chi connectivity index (χ1v) is 5.07. The standard InChI is InChI=1S/C13H13FN2/c1-8-7-10(3-4-11(8)14)13-6-5-12(15)9(2)16-13/h3-7H,15H2,1-2H3. The minimum atomic E-state index is -0.198. The number of nitrogen functional groups attached to an aromatic ring is 1. The maximum Gasteiger partial charge on any atom is 0.126 e. The summed E-state index contributed by atoms with van der Waals surface area (Å²) in [6.07, 6.45) is 0. The van der Waals surface area contributed by atoms with Gasteiger partial charge in [0.05, 0.1) is 17.1 Å². The van der Waals surface area contributed by atoms with Crippen molar-refractivity contribution in [3.63, 3.8) is 0 Å². The molecule has 2 rings (SSSR count). The Kier molecular flexibility index (Phi) is 2.60. The first-order chi connectivity index (χ1) is 7.58. The van der Waals surface area contributed by atoms with Gasteiger partial charge in [0, 0.05) is 5.56 Å². The van der Waals surface area contributed by atoms with Gasteiger partial charge in [0.15, 0.2) is 0 Å². The molecule has 0 unspecified atom stereocenters. The molecule has 16 heavy (non-hydrogen) atoms. The van der Waals surface area contributed by atoms with Crippen molar-refractivity contribution in [2.45, 2.75) is 13.8 Å². The maximum absolute atomic E-state index is 13.1. The Balaban J connectivity index is 2.50. The molecule has 0 aliphatic rings. The van der Waals surface area contributed by atoms with Crippen molar-refractivity contribution >= 4 is 5.69 Å². The molecule has 0 saturated carbocycles. The summed E-state index contributed by atoms with van der Waals surface area (Å²) in [5.41, 5.74) is 9.50. The van der Waals surface area contributed by atoms with Crippen LogP contribution < -0.4 is 5.73 Å². The van der Waals surface area contributed by atoms with Gasteiger partial charge in [-0.15, -0.1) is 0 Å². The number of hydrogen-bond acceptors (Lipinski definition) is 2. The summed E-state index contributed by atoms with van der Waals surface area (Å²) in [5.74, 6) is -0.198. The number of halogens is 1. The number of benzene rings is 1. The van der Waals surface area contributed by atoms with Crippen molar-refractivity contribution in [1.82, 2.24) is 4.98 Å². The first-order valence-electron chi connectivity index (χ1n) is 5.07. The van der Waals surface area contributed by atoms with E-state index < -0.39 is 0 Å². The average Bonchev–Trinajstić information content (AvgIpc) is 2.26. The quantitative estimate of drug-likeness (QED) is 0.795. The molecular formula is C13H13FN2. The van der Waals surface area contributed by atoms with Gasteiger partial charge in [-0.25, -0.2) is 4.39 Å². The van der Waals surface area contributed by atoms with E-state index in [-0.39, 0.29) is 5.82 Å². The lowest BCUT2D eigenvalue weighted by molar-refractivity contribution is 0.619. The predicted molar refractivity (Wildman–Crippen MR) is 63.5 cm³/mol. The molecule has 2 N–H and O–H groups in total. The monoisotopic (exact) mass is 216 g/mol. The van der Waals surface area contributed by atoms with Gasteiger partial charge in [-0.1, -0.05) is 0 Å². The zero-order chi connectivity index (χ0) is 11.7. The number of hydrogen-bond donors (Lipinski definition) is 1. The minimum absolute atomic E-state index is 0.198. The largest absolute Gasteiger partial charge is 0.397 e. The fourth-order valence-electron chi connectivity index (χ4n) is 1.54. The lowest BCUT2D eigenvalue weighted by Crippen LogP contribution is -1.94. The highest BCUT2D eigenvalue weighted by atomic mass is 19.1. The zero-order valence-corrected chi connectivity index (χ0v) is 9.29. The predicted octanol–water partition coefficient (Wildman–Crippen LogP) is 3.09. The number of nitrogens with two attached hydrogens (primary N) is 1. The van der Waals surface area contributed by atoms with Gasteiger partial charge >= 0.3 is 0 Å². The Morgan fingerprint density at radius 1 is 1.12 bits per heavy atom. The summed E-state index contributed by atoms with van der Waals surface area (Å²) in [6, 6.07) is 8.62. The second kappa shape index (κ2) is 3.93. The lowest BCUT2D eigenvalue weighted by Gasteiger charge is -2.05. The molecule has 0 aliphatic heterocycles. The van der Waals surface area contributed by atoms with Crippen LogP contribution in [0.3, 0.4) is 0 Å². The summed E-state index contributed by atoms with van der Waals surface area (Å²) in [4.78, 5) is 4.37. The van der Waals surface area contributed by atoms with Crippen LogP contribution in [0.5, 0.6) is 0 Å². The average molecular weight is 216 g/mol. The van der Waals surface area contributed by atoms with Gasteiger partial charge in [-0.05, 0) is 49.7 Å². The highest BCUT2D eigenvalue weighted by Gasteiger charge is 2.04. The fourth-order valence-corrected chi connectivity index (χ4v) is 1.54. The second-order valence-electron chi connectivity index (χ2n) is 3.84. The lowest BCUT2D eigenvalue weighted by atomic mass is 10.1.